The molecule has 0 atom stereocenters. The molecule has 0 unspecified atom stereocenters. The van der Waals surface area contributed by atoms with Gasteiger partial charge in [-0.15, -0.1) is 24.0 Å². The van der Waals surface area contributed by atoms with Crippen molar-refractivity contribution in [3.63, 3.8) is 0 Å². The second kappa shape index (κ2) is 12.8. The van der Waals surface area contributed by atoms with Crippen molar-refractivity contribution in [1.29, 1.82) is 0 Å². The Morgan fingerprint density at radius 1 is 1.29 bits per heavy atom. The number of hydrogen-bond donors (Lipinski definition) is 2. The molecule has 0 saturated heterocycles. The topological polar surface area (TPSA) is 45.7 Å². The van der Waals surface area contributed by atoms with Crippen molar-refractivity contribution < 1.29 is 9.13 Å². The third kappa shape index (κ3) is 9.62. The first-order valence-corrected chi connectivity index (χ1v) is 7.10. The van der Waals surface area contributed by atoms with Crippen LogP contribution in [0.25, 0.3) is 0 Å². The Kier molecular flexibility index (Phi) is 12.3. The summed E-state index contributed by atoms with van der Waals surface area (Å²) in [7, 11) is 0. The SMILES string of the molecule is CCNC(=NCCOCC)NCCc1cccc(F)c1.I. The van der Waals surface area contributed by atoms with Gasteiger partial charge >= 0.3 is 0 Å². The maximum atomic E-state index is 13.0. The number of guanidine groups is 1. The number of ether oxygens (including phenoxy) is 1. The van der Waals surface area contributed by atoms with Gasteiger partial charge < -0.3 is 15.4 Å². The molecule has 6 heteroatoms. The average molecular weight is 409 g/mol. The Hall–Kier alpha value is -0.890. The van der Waals surface area contributed by atoms with Crippen LogP contribution in [0.4, 0.5) is 4.39 Å². The first-order valence-electron chi connectivity index (χ1n) is 7.10. The lowest BCUT2D eigenvalue weighted by Crippen LogP contribution is -2.38. The van der Waals surface area contributed by atoms with Crippen LogP contribution in [0.1, 0.15) is 19.4 Å². The highest BCUT2D eigenvalue weighted by atomic mass is 127. The summed E-state index contributed by atoms with van der Waals surface area (Å²) in [6, 6.07) is 6.66. The molecule has 0 amide bonds. The first-order chi connectivity index (χ1) is 9.76. The van der Waals surface area contributed by atoms with Gasteiger partial charge in [0.05, 0.1) is 13.2 Å². The number of rotatable bonds is 8. The molecule has 0 heterocycles. The Balaban J connectivity index is 0.00000400. The highest BCUT2D eigenvalue weighted by Gasteiger charge is 1.98. The van der Waals surface area contributed by atoms with E-state index in [9.17, 15) is 4.39 Å². The van der Waals surface area contributed by atoms with E-state index in [1.165, 1.54) is 6.07 Å². The quantitative estimate of drug-likeness (QED) is 0.300. The fourth-order valence-electron chi connectivity index (χ4n) is 1.73. The maximum Gasteiger partial charge on any atom is 0.191 e. The monoisotopic (exact) mass is 409 g/mol. The van der Waals surface area contributed by atoms with Gasteiger partial charge in [-0.25, -0.2) is 4.39 Å². The third-order valence-corrected chi connectivity index (χ3v) is 2.65. The van der Waals surface area contributed by atoms with Crippen LogP contribution >= 0.6 is 24.0 Å². The van der Waals surface area contributed by atoms with Crippen LogP contribution in [0.3, 0.4) is 0 Å². The molecule has 120 valence electrons. The van der Waals surface area contributed by atoms with E-state index in [1.54, 1.807) is 12.1 Å². The summed E-state index contributed by atoms with van der Waals surface area (Å²) in [5.41, 5.74) is 0.975. The normalized spacial score (nSPS) is 10.9. The minimum Gasteiger partial charge on any atom is -0.380 e. The second-order valence-electron chi connectivity index (χ2n) is 4.26. The van der Waals surface area contributed by atoms with Gasteiger partial charge in [0.1, 0.15) is 5.82 Å². The zero-order valence-electron chi connectivity index (χ0n) is 12.7. The molecule has 0 aromatic heterocycles. The van der Waals surface area contributed by atoms with Gasteiger partial charge in [-0.3, -0.25) is 4.99 Å². The van der Waals surface area contributed by atoms with Gasteiger partial charge in [0.25, 0.3) is 0 Å². The molecule has 0 aliphatic rings. The molecule has 1 aromatic rings. The Morgan fingerprint density at radius 3 is 2.76 bits per heavy atom. The number of halogens is 2. The van der Waals surface area contributed by atoms with E-state index in [2.05, 4.69) is 15.6 Å². The molecule has 0 radical (unpaired) electrons. The van der Waals surface area contributed by atoms with Gasteiger partial charge in [0.2, 0.25) is 0 Å². The van der Waals surface area contributed by atoms with Gasteiger partial charge in [0, 0.05) is 19.7 Å². The van der Waals surface area contributed by atoms with E-state index in [-0.39, 0.29) is 29.8 Å². The van der Waals surface area contributed by atoms with E-state index >= 15 is 0 Å². The summed E-state index contributed by atoms with van der Waals surface area (Å²) >= 11 is 0. The predicted octanol–water partition coefficient (Wildman–Crippen LogP) is 2.58. The number of nitrogens with zero attached hydrogens (tertiary/aromatic N) is 1. The lowest BCUT2D eigenvalue weighted by Gasteiger charge is -2.11. The van der Waals surface area contributed by atoms with Crippen LogP contribution in [-0.2, 0) is 11.2 Å². The van der Waals surface area contributed by atoms with Gasteiger partial charge in [-0.05, 0) is 38.0 Å². The Bertz CT molecular complexity index is 416. The zero-order valence-corrected chi connectivity index (χ0v) is 15.0. The van der Waals surface area contributed by atoms with Gasteiger partial charge in [-0.1, -0.05) is 12.1 Å². The molecule has 0 aliphatic carbocycles. The molecular formula is C15H25FIN3O. The molecular weight excluding hydrogens is 384 g/mol. The lowest BCUT2D eigenvalue weighted by atomic mass is 10.1. The molecule has 1 rings (SSSR count). The first kappa shape index (κ1) is 20.1. The smallest absolute Gasteiger partial charge is 0.191 e. The van der Waals surface area contributed by atoms with Gasteiger partial charge in [-0.2, -0.15) is 0 Å². The summed E-state index contributed by atoms with van der Waals surface area (Å²) in [6.07, 6.45) is 0.758. The van der Waals surface area contributed by atoms with Crippen molar-refractivity contribution in [2.45, 2.75) is 20.3 Å². The lowest BCUT2D eigenvalue weighted by molar-refractivity contribution is 0.155. The van der Waals surface area contributed by atoms with Crippen LogP contribution < -0.4 is 10.6 Å². The molecule has 0 spiro atoms. The Morgan fingerprint density at radius 2 is 2.10 bits per heavy atom. The van der Waals surface area contributed by atoms with Crippen LogP contribution in [0.2, 0.25) is 0 Å². The van der Waals surface area contributed by atoms with Crippen LogP contribution in [0.5, 0.6) is 0 Å². The van der Waals surface area contributed by atoms with E-state index in [0.29, 0.717) is 26.3 Å². The number of benzene rings is 1. The molecule has 2 N–H and O–H groups in total. The average Bonchev–Trinajstić information content (AvgIpc) is 2.43. The molecule has 0 aliphatic heterocycles. The molecule has 0 fully saturated rings. The van der Waals surface area contributed by atoms with E-state index in [1.807, 2.05) is 19.9 Å². The number of nitrogens with one attached hydrogen (secondary N) is 2. The van der Waals surface area contributed by atoms with E-state index < -0.39 is 0 Å². The minimum atomic E-state index is -0.195. The van der Waals surface area contributed by atoms with Crippen molar-refractivity contribution in [3.8, 4) is 0 Å². The highest BCUT2D eigenvalue weighted by Crippen LogP contribution is 2.03. The standard InChI is InChI=1S/C15H24FN3O.HI/c1-3-17-15(19-10-11-20-4-2)18-9-8-13-6-5-7-14(16)12-13;/h5-7,12H,3-4,8-11H2,1-2H3,(H2,17,18,19);1H. The number of hydrogen-bond acceptors (Lipinski definition) is 2. The zero-order chi connectivity index (χ0) is 14.6. The summed E-state index contributed by atoms with van der Waals surface area (Å²) < 4.78 is 18.3. The highest BCUT2D eigenvalue weighted by molar-refractivity contribution is 14.0. The fraction of sp³-hybridized carbons (Fsp3) is 0.533. The number of aliphatic imine (C=N–C) groups is 1. The predicted molar refractivity (Wildman–Crippen MR) is 96.0 cm³/mol. The largest absolute Gasteiger partial charge is 0.380 e. The third-order valence-electron chi connectivity index (χ3n) is 2.65. The second-order valence-corrected chi connectivity index (χ2v) is 4.26. The van der Waals surface area contributed by atoms with E-state index in [4.69, 9.17) is 4.74 Å². The summed E-state index contributed by atoms with van der Waals surface area (Å²) in [5.74, 6) is 0.573. The van der Waals surface area contributed by atoms with Crippen molar-refractivity contribution in [2.24, 2.45) is 4.99 Å². The van der Waals surface area contributed by atoms with Crippen molar-refractivity contribution in [1.82, 2.24) is 10.6 Å². The minimum absolute atomic E-state index is 0. The van der Waals surface area contributed by atoms with Crippen LogP contribution in [0, 0.1) is 5.82 Å². The van der Waals surface area contributed by atoms with Gasteiger partial charge in [0.15, 0.2) is 5.96 Å². The van der Waals surface area contributed by atoms with Crippen molar-refractivity contribution in [2.75, 3.05) is 32.8 Å². The molecule has 4 nitrogen and oxygen atoms in total. The fourth-order valence-corrected chi connectivity index (χ4v) is 1.73. The van der Waals surface area contributed by atoms with Crippen LogP contribution in [-0.4, -0.2) is 38.8 Å². The maximum absolute atomic E-state index is 13.0. The molecule has 0 bridgehead atoms. The molecule has 21 heavy (non-hydrogen) atoms. The van der Waals surface area contributed by atoms with E-state index in [0.717, 1.165) is 24.5 Å². The Labute approximate surface area is 143 Å². The van der Waals surface area contributed by atoms with Crippen molar-refractivity contribution >= 4 is 29.9 Å². The summed E-state index contributed by atoms with van der Waals surface area (Å²) in [5, 5.41) is 6.39. The van der Waals surface area contributed by atoms with Crippen LogP contribution in [0.15, 0.2) is 29.3 Å². The summed E-state index contributed by atoms with van der Waals surface area (Å²) in [6.45, 7) is 7.46. The molecule has 0 saturated carbocycles. The molecule has 1 aromatic carbocycles. The summed E-state index contributed by atoms with van der Waals surface area (Å²) in [4.78, 5) is 4.40. The van der Waals surface area contributed by atoms with Crippen molar-refractivity contribution in [3.05, 3.63) is 35.6 Å².